The molecule has 1 aromatic rings. The topological polar surface area (TPSA) is 40.6 Å². The molecule has 1 saturated heterocycles. The first kappa shape index (κ1) is 15.0. The molecule has 3 rings (SSSR count). The summed E-state index contributed by atoms with van der Waals surface area (Å²) in [5.41, 5.74) is 2.95. The average molecular weight is 298 g/mol. The summed E-state index contributed by atoms with van der Waals surface area (Å²) >= 11 is 0. The van der Waals surface area contributed by atoms with E-state index >= 15 is 0 Å². The highest BCUT2D eigenvalue weighted by Crippen LogP contribution is 2.27. The molecule has 2 aliphatic rings. The van der Waals surface area contributed by atoms with Gasteiger partial charge in [-0.25, -0.2) is 0 Å². The second-order valence-corrected chi connectivity index (χ2v) is 6.12. The molecule has 4 nitrogen and oxygen atoms in total. The molecule has 0 unspecified atom stereocenters. The van der Waals surface area contributed by atoms with Crippen LogP contribution in [0, 0.1) is 6.92 Å². The molecule has 1 aromatic carbocycles. The number of nitrogens with zero attached hydrogens (tertiary/aromatic N) is 2. The molecule has 0 aliphatic carbocycles. The third-order valence-electron chi connectivity index (χ3n) is 4.63. The molecule has 0 bridgehead atoms. The van der Waals surface area contributed by atoms with Gasteiger partial charge in [-0.05, 0) is 69.1 Å². The van der Waals surface area contributed by atoms with Crippen molar-refractivity contribution in [2.24, 2.45) is 0 Å². The second-order valence-electron chi connectivity index (χ2n) is 6.12. The molecule has 0 aromatic heterocycles. The van der Waals surface area contributed by atoms with E-state index in [0.29, 0.717) is 17.7 Å². The summed E-state index contributed by atoms with van der Waals surface area (Å²) < 4.78 is 0. The summed E-state index contributed by atoms with van der Waals surface area (Å²) in [4.78, 5) is 28.7. The van der Waals surface area contributed by atoms with E-state index in [-0.39, 0.29) is 11.8 Å². The highest BCUT2D eigenvalue weighted by atomic mass is 16.2. The molecular weight excluding hydrogens is 276 g/mol. The van der Waals surface area contributed by atoms with Gasteiger partial charge in [0.05, 0.1) is 11.1 Å². The van der Waals surface area contributed by atoms with Gasteiger partial charge < -0.3 is 4.90 Å². The zero-order valence-electron chi connectivity index (χ0n) is 13.1. The third-order valence-corrected chi connectivity index (χ3v) is 4.63. The van der Waals surface area contributed by atoms with Gasteiger partial charge >= 0.3 is 0 Å². The predicted molar refractivity (Wildman–Crippen MR) is 86.9 cm³/mol. The number of imide groups is 1. The molecule has 0 radical (unpaired) electrons. The second kappa shape index (κ2) is 6.05. The van der Waals surface area contributed by atoms with Crippen LogP contribution in [-0.4, -0.2) is 47.8 Å². The van der Waals surface area contributed by atoms with Gasteiger partial charge in [0.15, 0.2) is 0 Å². The van der Waals surface area contributed by atoms with Crippen molar-refractivity contribution < 1.29 is 9.59 Å². The zero-order valence-corrected chi connectivity index (χ0v) is 13.1. The van der Waals surface area contributed by atoms with Crippen molar-refractivity contribution in [2.45, 2.75) is 26.2 Å². The van der Waals surface area contributed by atoms with Gasteiger partial charge in [0.25, 0.3) is 11.8 Å². The van der Waals surface area contributed by atoms with E-state index < -0.39 is 0 Å². The van der Waals surface area contributed by atoms with Crippen LogP contribution in [0.4, 0.5) is 0 Å². The summed E-state index contributed by atoms with van der Waals surface area (Å²) in [5, 5.41) is 0. The molecule has 22 heavy (non-hydrogen) atoms. The van der Waals surface area contributed by atoms with E-state index in [4.69, 9.17) is 0 Å². The van der Waals surface area contributed by atoms with Crippen LogP contribution in [0.2, 0.25) is 0 Å². The first-order valence-electron chi connectivity index (χ1n) is 7.97. The van der Waals surface area contributed by atoms with Gasteiger partial charge in [-0.1, -0.05) is 12.7 Å². The highest BCUT2D eigenvalue weighted by Gasteiger charge is 2.35. The molecule has 2 amide bonds. The van der Waals surface area contributed by atoms with Crippen LogP contribution < -0.4 is 0 Å². The van der Waals surface area contributed by atoms with Gasteiger partial charge in [-0.3, -0.25) is 14.5 Å². The van der Waals surface area contributed by atoms with Gasteiger partial charge in [-0.2, -0.15) is 0 Å². The normalized spacial score (nSPS) is 18.1. The molecule has 0 spiro atoms. The molecule has 2 heterocycles. The molecule has 0 saturated carbocycles. The van der Waals surface area contributed by atoms with E-state index in [1.165, 1.54) is 17.7 Å². The SMILES string of the molecule is C=Cc1cc2c(cc1C)C(=O)N(CCCN1CCCC1)C2=O. The maximum Gasteiger partial charge on any atom is 0.261 e. The summed E-state index contributed by atoms with van der Waals surface area (Å²) in [6.07, 6.45) is 5.09. The highest BCUT2D eigenvalue weighted by molar-refractivity contribution is 6.21. The van der Waals surface area contributed by atoms with Crippen molar-refractivity contribution in [3.8, 4) is 0 Å². The van der Waals surface area contributed by atoms with Gasteiger partial charge in [0.2, 0.25) is 0 Å². The molecule has 0 atom stereocenters. The third kappa shape index (κ3) is 2.59. The number of hydrogen-bond donors (Lipinski definition) is 0. The van der Waals surface area contributed by atoms with E-state index in [1.807, 2.05) is 13.0 Å². The average Bonchev–Trinajstić information content (AvgIpc) is 3.10. The molecule has 4 heteroatoms. The fraction of sp³-hybridized carbons (Fsp3) is 0.444. The fourth-order valence-electron chi connectivity index (χ4n) is 3.34. The number of fused-ring (bicyclic) bond motifs is 1. The number of amides is 2. The van der Waals surface area contributed by atoms with Crippen LogP contribution in [0.25, 0.3) is 6.08 Å². The maximum absolute atomic E-state index is 12.5. The Kier molecular flexibility index (Phi) is 4.12. The van der Waals surface area contributed by atoms with Crippen LogP contribution in [0.15, 0.2) is 18.7 Å². The van der Waals surface area contributed by atoms with Crippen LogP contribution in [0.3, 0.4) is 0 Å². The Balaban J connectivity index is 1.70. The summed E-state index contributed by atoms with van der Waals surface area (Å²) in [7, 11) is 0. The van der Waals surface area contributed by atoms with Crippen LogP contribution >= 0.6 is 0 Å². The molecule has 0 N–H and O–H groups in total. The summed E-state index contributed by atoms with van der Waals surface area (Å²) in [5.74, 6) is -0.315. The van der Waals surface area contributed by atoms with E-state index in [9.17, 15) is 9.59 Å². The van der Waals surface area contributed by atoms with E-state index in [1.54, 1.807) is 12.1 Å². The summed E-state index contributed by atoms with van der Waals surface area (Å²) in [6, 6.07) is 3.60. The number of hydrogen-bond acceptors (Lipinski definition) is 3. The minimum absolute atomic E-state index is 0.153. The van der Waals surface area contributed by atoms with Gasteiger partial charge in [0, 0.05) is 6.54 Å². The Morgan fingerprint density at radius 3 is 2.36 bits per heavy atom. The predicted octanol–water partition coefficient (Wildman–Crippen LogP) is 2.72. The number of benzene rings is 1. The minimum Gasteiger partial charge on any atom is -0.303 e. The fourth-order valence-corrected chi connectivity index (χ4v) is 3.34. The lowest BCUT2D eigenvalue weighted by molar-refractivity contribution is 0.0648. The Labute approximate surface area is 131 Å². The summed E-state index contributed by atoms with van der Waals surface area (Å²) in [6.45, 7) is 9.45. The lowest BCUT2D eigenvalue weighted by Crippen LogP contribution is -2.33. The van der Waals surface area contributed by atoms with Crippen molar-refractivity contribution in [3.63, 3.8) is 0 Å². The number of rotatable bonds is 5. The van der Waals surface area contributed by atoms with Crippen molar-refractivity contribution in [3.05, 3.63) is 41.0 Å². The van der Waals surface area contributed by atoms with Crippen LogP contribution in [-0.2, 0) is 0 Å². The standard InChI is InChI=1S/C18H22N2O2/c1-3-14-12-16-15(11-13(14)2)17(21)20(18(16)22)10-6-9-19-7-4-5-8-19/h3,11-12H,1,4-10H2,2H3. The quantitative estimate of drug-likeness (QED) is 0.785. The Bertz CT molecular complexity index is 630. The number of carbonyl (C=O) groups is 2. The van der Waals surface area contributed by atoms with Gasteiger partial charge in [0.1, 0.15) is 0 Å². The van der Waals surface area contributed by atoms with Crippen molar-refractivity contribution in [2.75, 3.05) is 26.2 Å². The van der Waals surface area contributed by atoms with Crippen molar-refractivity contribution >= 4 is 17.9 Å². The monoisotopic (exact) mass is 298 g/mol. The minimum atomic E-state index is -0.162. The Morgan fingerprint density at radius 2 is 1.73 bits per heavy atom. The van der Waals surface area contributed by atoms with E-state index in [0.717, 1.165) is 37.2 Å². The van der Waals surface area contributed by atoms with Crippen molar-refractivity contribution in [1.82, 2.24) is 9.80 Å². The largest absolute Gasteiger partial charge is 0.303 e. The molecule has 1 fully saturated rings. The molecular formula is C18H22N2O2. The lowest BCUT2D eigenvalue weighted by atomic mass is 10.0. The maximum atomic E-state index is 12.5. The number of aryl methyl sites for hydroxylation is 1. The van der Waals surface area contributed by atoms with Crippen molar-refractivity contribution in [1.29, 1.82) is 0 Å². The first-order chi connectivity index (χ1) is 10.6. The molecule has 2 aliphatic heterocycles. The van der Waals surface area contributed by atoms with Crippen LogP contribution in [0.5, 0.6) is 0 Å². The lowest BCUT2D eigenvalue weighted by Gasteiger charge is -2.17. The Hall–Kier alpha value is -1.94. The number of likely N-dealkylation sites (tertiary alicyclic amines) is 1. The van der Waals surface area contributed by atoms with Gasteiger partial charge in [-0.15, -0.1) is 0 Å². The van der Waals surface area contributed by atoms with Crippen LogP contribution in [0.1, 0.15) is 51.1 Å². The zero-order chi connectivity index (χ0) is 15.7. The number of carbonyl (C=O) groups excluding carboxylic acids is 2. The van der Waals surface area contributed by atoms with E-state index in [2.05, 4.69) is 11.5 Å². The first-order valence-corrected chi connectivity index (χ1v) is 7.97. The smallest absolute Gasteiger partial charge is 0.261 e. The Morgan fingerprint density at radius 1 is 1.09 bits per heavy atom. The molecule has 116 valence electrons.